The second-order valence-corrected chi connectivity index (χ2v) is 4.40. The average Bonchev–Trinajstić information content (AvgIpc) is 2.48. The first-order valence-electron chi connectivity index (χ1n) is 6.51. The van der Waals surface area contributed by atoms with Crippen LogP contribution in [0.15, 0.2) is 48.5 Å². The molecule has 2 rings (SSSR count). The summed E-state index contributed by atoms with van der Waals surface area (Å²) in [6.45, 7) is 2.17. The maximum atomic E-state index is 12.8. The van der Waals surface area contributed by atoms with Crippen molar-refractivity contribution < 1.29 is 19.0 Å². The van der Waals surface area contributed by atoms with E-state index in [1.807, 2.05) is 6.92 Å². The van der Waals surface area contributed by atoms with Crippen molar-refractivity contribution in [1.82, 2.24) is 0 Å². The molecule has 0 aliphatic carbocycles. The molecule has 0 saturated heterocycles. The van der Waals surface area contributed by atoms with Gasteiger partial charge in [0.2, 0.25) is 0 Å². The fourth-order valence-electron chi connectivity index (χ4n) is 1.55. The number of aliphatic hydroxyl groups excluding tert-OH is 1. The van der Waals surface area contributed by atoms with Gasteiger partial charge in [0.25, 0.3) is 0 Å². The molecule has 20 heavy (non-hydrogen) atoms. The largest absolute Gasteiger partial charge is 0.491 e. The van der Waals surface area contributed by atoms with Gasteiger partial charge in [-0.05, 0) is 55.0 Å². The normalized spacial score (nSPS) is 11.9. The molecule has 0 aliphatic rings. The Balaban J connectivity index is 1.92. The van der Waals surface area contributed by atoms with E-state index in [0.717, 1.165) is 0 Å². The molecule has 2 aromatic carbocycles. The monoisotopic (exact) mass is 276 g/mol. The molecule has 0 bridgehead atoms. The minimum absolute atomic E-state index is 0.272. The van der Waals surface area contributed by atoms with Gasteiger partial charge in [0, 0.05) is 0 Å². The summed E-state index contributed by atoms with van der Waals surface area (Å²) >= 11 is 0. The van der Waals surface area contributed by atoms with Gasteiger partial charge in [0.1, 0.15) is 29.7 Å². The highest BCUT2D eigenvalue weighted by molar-refractivity contribution is 5.35. The van der Waals surface area contributed by atoms with Gasteiger partial charge in [-0.2, -0.15) is 0 Å². The van der Waals surface area contributed by atoms with E-state index in [0.29, 0.717) is 23.7 Å². The van der Waals surface area contributed by atoms with Gasteiger partial charge in [0.05, 0.1) is 6.10 Å². The zero-order valence-electron chi connectivity index (χ0n) is 11.3. The van der Waals surface area contributed by atoms with E-state index in [-0.39, 0.29) is 12.4 Å². The average molecular weight is 276 g/mol. The van der Waals surface area contributed by atoms with Crippen LogP contribution in [0.3, 0.4) is 0 Å². The van der Waals surface area contributed by atoms with Gasteiger partial charge in [-0.15, -0.1) is 0 Å². The van der Waals surface area contributed by atoms with Gasteiger partial charge in [-0.3, -0.25) is 0 Å². The van der Waals surface area contributed by atoms with Crippen molar-refractivity contribution in [2.75, 3.05) is 6.61 Å². The van der Waals surface area contributed by atoms with Crippen molar-refractivity contribution in [3.63, 3.8) is 0 Å². The quantitative estimate of drug-likeness (QED) is 0.873. The van der Waals surface area contributed by atoms with E-state index in [9.17, 15) is 9.50 Å². The minimum Gasteiger partial charge on any atom is -0.491 e. The molecule has 1 N–H and O–H groups in total. The molecular formula is C16H17FO3. The van der Waals surface area contributed by atoms with Crippen LogP contribution in [0.1, 0.15) is 13.3 Å². The lowest BCUT2D eigenvalue weighted by molar-refractivity contribution is 0.104. The number of halogens is 1. The molecule has 1 atom stereocenters. The third-order valence-electron chi connectivity index (χ3n) is 2.79. The zero-order valence-corrected chi connectivity index (χ0v) is 11.3. The molecule has 4 heteroatoms. The lowest BCUT2D eigenvalue weighted by atomic mass is 10.3. The van der Waals surface area contributed by atoms with Crippen LogP contribution < -0.4 is 9.47 Å². The summed E-state index contributed by atoms with van der Waals surface area (Å²) in [6, 6.07) is 12.9. The van der Waals surface area contributed by atoms with Crippen molar-refractivity contribution in [3.05, 3.63) is 54.3 Å². The Labute approximate surface area is 117 Å². The van der Waals surface area contributed by atoms with Crippen molar-refractivity contribution in [3.8, 4) is 17.2 Å². The molecule has 0 aliphatic heterocycles. The molecule has 0 aromatic heterocycles. The molecule has 0 fully saturated rings. The van der Waals surface area contributed by atoms with Gasteiger partial charge in [-0.1, -0.05) is 6.92 Å². The molecule has 0 amide bonds. The fraction of sp³-hybridized carbons (Fsp3) is 0.250. The van der Waals surface area contributed by atoms with E-state index >= 15 is 0 Å². The predicted molar refractivity (Wildman–Crippen MR) is 74.7 cm³/mol. The van der Waals surface area contributed by atoms with Gasteiger partial charge < -0.3 is 14.6 Å². The Bertz CT molecular complexity index is 522. The van der Waals surface area contributed by atoms with E-state index in [1.165, 1.54) is 12.1 Å². The van der Waals surface area contributed by atoms with Crippen LogP contribution in [0.2, 0.25) is 0 Å². The lowest BCUT2D eigenvalue weighted by Gasteiger charge is -2.11. The van der Waals surface area contributed by atoms with Crippen LogP contribution >= 0.6 is 0 Å². The standard InChI is InChI=1S/C16H17FO3/c1-2-13(18)11-19-14-7-9-16(10-8-14)20-15-5-3-12(17)4-6-15/h3-10,13,18H,2,11H2,1H3. The van der Waals surface area contributed by atoms with E-state index < -0.39 is 6.10 Å². The molecule has 0 spiro atoms. The van der Waals surface area contributed by atoms with E-state index in [1.54, 1.807) is 36.4 Å². The molecule has 0 heterocycles. The Morgan fingerprint density at radius 1 is 0.950 bits per heavy atom. The number of ether oxygens (including phenoxy) is 2. The number of aliphatic hydroxyl groups is 1. The maximum Gasteiger partial charge on any atom is 0.127 e. The molecule has 0 saturated carbocycles. The number of hydrogen-bond donors (Lipinski definition) is 1. The summed E-state index contributed by atoms with van der Waals surface area (Å²) in [5.41, 5.74) is 0. The summed E-state index contributed by atoms with van der Waals surface area (Å²) in [7, 11) is 0. The minimum atomic E-state index is -0.454. The number of rotatable bonds is 6. The molecule has 0 radical (unpaired) electrons. The maximum absolute atomic E-state index is 12.8. The molecular weight excluding hydrogens is 259 g/mol. The van der Waals surface area contributed by atoms with Crippen molar-refractivity contribution in [1.29, 1.82) is 0 Å². The highest BCUT2D eigenvalue weighted by Gasteiger charge is 2.03. The zero-order chi connectivity index (χ0) is 14.4. The first kappa shape index (κ1) is 14.3. The van der Waals surface area contributed by atoms with Crippen LogP contribution in [-0.4, -0.2) is 17.8 Å². The number of benzene rings is 2. The van der Waals surface area contributed by atoms with Crippen LogP contribution in [-0.2, 0) is 0 Å². The predicted octanol–water partition coefficient (Wildman–Crippen LogP) is 3.77. The Hall–Kier alpha value is -2.07. The van der Waals surface area contributed by atoms with Crippen LogP contribution in [0.4, 0.5) is 4.39 Å². The van der Waals surface area contributed by atoms with E-state index in [4.69, 9.17) is 9.47 Å². The molecule has 106 valence electrons. The first-order chi connectivity index (χ1) is 9.67. The highest BCUT2D eigenvalue weighted by atomic mass is 19.1. The van der Waals surface area contributed by atoms with Crippen molar-refractivity contribution >= 4 is 0 Å². The van der Waals surface area contributed by atoms with Crippen LogP contribution in [0.25, 0.3) is 0 Å². The Kier molecular flexibility index (Phi) is 4.96. The Morgan fingerprint density at radius 3 is 2.00 bits per heavy atom. The summed E-state index contributed by atoms with van der Waals surface area (Å²) in [6.07, 6.45) is 0.205. The topological polar surface area (TPSA) is 38.7 Å². The van der Waals surface area contributed by atoms with E-state index in [2.05, 4.69) is 0 Å². The smallest absolute Gasteiger partial charge is 0.127 e. The van der Waals surface area contributed by atoms with Gasteiger partial charge in [-0.25, -0.2) is 4.39 Å². The third kappa shape index (κ3) is 4.24. The Morgan fingerprint density at radius 2 is 1.45 bits per heavy atom. The summed E-state index contributed by atoms with van der Waals surface area (Å²) < 4.78 is 23.8. The molecule has 2 aromatic rings. The second-order valence-electron chi connectivity index (χ2n) is 4.40. The SMILES string of the molecule is CCC(O)COc1ccc(Oc2ccc(F)cc2)cc1. The summed E-state index contributed by atoms with van der Waals surface area (Å²) in [5.74, 6) is 1.58. The molecule has 3 nitrogen and oxygen atoms in total. The number of hydrogen-bond acceptors (Lipinski definition) is 3. The third-order valence-corrected chi connectivity index (χ3v) is 2.79. The van der Waals surface area contributed by atoms with Crippen LogP contribution in [0.5, 0.6) is 17.2 Å². The van der Waals surface area contributed by atoms with Gasteiger partial charge >= 0.3 is 0 Å². The van der Waals surface area contributed by atoms with Crippen molar-refractivity contribution in [2.24, 2.45) is 0 Å². The lowest BCUT2D eigenvalue weighted by Crippen LogP contribution is -2.15. The first-order valence-corrected chi connectivity index (χ1v) is 6.51. The van der Waals surface area contributed by atoms with Gasteiger partial charge in [0.15, 0.2) is 0 Å². The summed E-state index contributed by atoms with van der Waals surface area (Å²) in [5, 5.41) is 9.41. The highest BCUT2D eigenvalue weighted by Crippen LogP contribution is 2.24. The van der Waals surface area contributed by atoms with Crippen LogP contribution in [0, 0.1) is 5.82 Å². The molecule has 1 unspecified atom stereocenters. The summed E-state index contributed by atoms with van der Waals surface area (Å²) in [4.78, 5) is 0. The van der Waals surface area contributed by atoms with Crippen molar-refractivity contribution in [2.45, 2.75) is 19.4 Å². The fourth-order valence-corrected chi connectivity index (χ4v) is 1.55. The second kappa shape index (κ2) is 6.91.